The predicted octanol–water partition coefficient (Wildman–Crippen LogP) is 1.90. The van der Waals surface area contributed by atoms with Crippen molar-refractivity contribution in [2.75, 3.05) is 19.3 Å². The van der Waals surface area contributed by atoms with Crippen LogP contribution in [0, 0.1) is 6.92 Å². The molecule has 1 aromatic heterocycles. The summed E-state index contributed by atoms with van der Waals surface area (Å²) in [4.78, 5) is 20.5. The van der Waals surface area contributed by atoms with Crippen LogP contribution < -0.4 is 0 Å². The molecule has 0 bridgehead atoms. The van der Waals surface area contributed by atoms with Crippen molar-refractivity contribution in [1.29, 1.82) is 0 Å². The number of nitrogens with zero attached hydrogens (tertiary/aromatic N) is 3. The first-order valence-electron chi connectivity index (χ1n) is 7.89. The van der Waals surface area contributed by atoms with Crippen molar-refractivity contribution in [3.8, 4) is 11.3 Å². The molecule has 8 heteroatoms. The Hall–Kier alpha value is -2.32. The van der Waals surface area contributed by atoms with Gasteiger partial charge in [0.25, 0.3) is 0 Å². The van der Waals surface area contributed by atoms with E-state index in [0.29, 0.717) is 36.6 Å². The van der Waals surface area contributed by atoms with E-state index in [4.69, 9.17) is 0 Å². The summed E-state index contributed by atoms with van der Waals surface area (Å²) in [6.07, 6.45) is 1.84. The number of rotatable bonds is 4. The van der Waals surface area contributed by atoms with Gasteiger partial charge in [-0.15, -0.1) is 0 Å². The fraction of sp³-hybridized carbons (Fsp3) is 0.353. The van der Waals surface area contributed by atoms with Gasteiger partial charge in [0.1, 0.15) is 5.82 Å². The van der Waals surface area contributed by atoms with E-state index < -0.39 is 16.0 Å². The number of carboxylic acids is 1. The lowest BCUT2D eigenvalue weighted by molar-refractivity contribution is 0.0697. The fourth-order valence-corrected chi connectivity index (χ4v) is 3.93. The van der Waals surface area contributed by atoms with E-state index in [-0.39, 0.29) is 11.5 Å². The van der Waals surface area contributed by atoms with Crippen molar-refractivity contribution in [3.63, 3.8) is 0 Å². The predicted molar refractivity (Wildman–Crippen MR) is 92.9 cm³/mol. The van der Waals surface area contributed by atoms with Crippen LogP contribution in [0.25, 0.3) is 11.3 Å². The molecule has 25 heavy (non-hydrogen) atoms. The van der Waals surface area contributed by atoms with Crippen LogP contribution in [-0.4, -0.2) is 53.1 Å². The van der Waals surface area contributed by atoms with Gasteiger partial charge in [0.05, 0.1) is 17.5 Å². The maximum absolute atomic E-state index is 11.7. The molecule has 1 aliphatic rings. The fourth-order valence-electron chi connectivity index (χ4n) is 3.05. The zero-order valence-corrected chi connectivity index (χ0v) is 14.8. The monoisotopic (exact) mass is 361 g/mol. The van der Waals surface area contributed by atoms with Crippen LogP contribution in [0.2, 0.25) is 0 Å². The molecule has 1 aromatic carbocycles. The van der Waals surface area contributed by atoms with Crippen molar-refractivity contribution in [3.05, 3.63) is 47.4 Å². The third-order valence-corrected chi connectivity index (χ3v) is 5.56. The Morgan fingerprint density at radius 1 is 1.28 bits per heavy atom. The highest BCUT2D eigenvalue weighted by Crippen LogP contribution is 2.29. The molecule has 0 saturated carbocycles. The molecule has 7 nitrogen and oxygen atoms in total. The zero-order chi connectivity index (χ0) is 18.2. The first kappa shape index (κ1) is 17.5. The van der Waals surface area contributed by atoms with Gasteiger partial charge >= 0.3 is 5.97 Å². The van der Waals surface area contributed by atoms with Crippen molar-refractivity contribution in [1.82, 2.24) is 14.3 Å². The highest BCUT2D eigenvalue weighted by atomic mass is 32.2. The molecular weight excluding hydrogens is 342 g/mol. The molecule has 1 fully saturated rings. The summed E-state index contributed by atoms with van der Waals surface area (Å²) in [5.74, 6) is -0.552. The molecule has 1 saturated heterocycles. The van der Waals surface area contributed by atoms with Gasteiger partial charge in [-0.25, -0.2) is 27.5 Å². The van der Waals surface area contributed by atoms with E-state index in [9.17, 15) is 18.3 Å². The first-order valence-corrected chi connectivity index (χ1v) is 9.74. The van der Waals surface area contributed by atoms with Gasteiger partial charge in [-0.2, -0.15) is 0 Å². The van der Waals surface area contributed by atoms with E-state index in [1.54, 1.807) is 24.3 Å². The molecule has 1 unspecified atom stereocenters. The molecular formula is C17H19N3O4S. The summed E-state index contributed by atoms with van der Waals surface area (Å²) < 4.78 is 24.8. The highest BCUT2D eigenvalue weighted by molar-refractivity contribution is 7.88. The van der Waals surface area contributed by atoms with Crippen LogP contribution in [0.5, 0.6) is 0 Å². The smallest absolute Gasteiger partial charge is 0.336 e. The van der Waals surface area contributed by atoms with Crippen LogP contribution >= 0.6 is 0 Å². The van der Waals surface area contributed by atoms with Gasteiger partial charge in [-0.05, 0) is 25.5 Å². The number of benzene rings is 1. The second-order valence-electron chi connectivity index (χ2n) is 6.21. The average molecular weight is 361 g/mol. The quantitative estimate of drug-likeness (QED) is 0.893. The number of carboxylic acid groups (broad SMARTS) is 1. The SMILES string of the molecule is Cc1cc(-c2ccccc2C(=O)O)nc(C2CCN(S(C)(=O)=O)C2)n1. The van der Waals surface area contributed by atoms with Crippen molar-refractivity contribution in [2.45, 2.75) is 19.3 Å². The number of sulfonamides is 1. The van der Waals surface area contributed by atoms with Crippen molar-refractivity contribution >= 4 is 16.0 Å². The van der Waals surface area contributed by atoms with Crippen molar-refractivity contribution < 1.29 is 18.3 Å². The highest BCUT2D eigenvalue weighted by Gasteiger charge is 2.31. The lowest BCUT2D eigenvalue weighted by Gasteiger charge is -2.14. The largest absolute Gasteiger partial charge is 0.478 e. The molecule has 1 atom stereocenters. The van der Waals surface area contributed by atoms with Gasteiger partial charge in [0.15, 0.2) is 0 Å². The number of carbonyl (C=O) groups is 1. The Morgan fingerprint density at radius 2 is 2.00 bits per heavy atom. The van der Waals surface area contributed by atoms with Crippen LogP contribution in [-0.2, 0) is 10.0 Å². The summed E-state index contributed by atoms with van der Waals surface area (Å²) in [7, 11) is -3.23. The number of aryl methyl sites for hydroxylation is 1. The number of aromatic carboxylic acids is 1. The first-order chi connectivity index (χ1) is 11.8. The Bertz CT molecular complexity index is 927. The minimum Gasteiger partial charge on any atom is -0.478 e. The standard InChI is InChI=1S/C17H19N3O4S/c1-11-9-15(13-5-3-4-6-14(13)17(21)22)19-16(18-11)12-7-8-20(10-12)25(2,23)24/h3-6,9,12H,7-8,10H2,1-2H3,(H,21,22). The molecule has 2 aromatic rings. The van der Waals surface area contributed by atoms with Crippen LogP contribution in [0.4, 0.5) is 0 Å². The van der Waals surface area contributed by atoms with Gasteiger partial charge in [0, 0.05) is 30.3 Å². The number of hydrogen-bond acceptors (Lipinski definition) is 5. The van der Waals surface area contributed by atoms with E-state index in [0.717, 1.165) is 5.69 Å². The lowest BCUT2D eigenvalue weighted by Crippen LogP contribution is -2.27. The molecule has 0 amide bonds. The minimum atomic E-state index is -3.23. The minimum absolute atomic E-state index is 0.0923. The molecule has 1 aliphatic heterocycles. The van der Waals surface area contributed by atoms with Crippen LogP contribution in [0.3, 0.4) is 0 Å². The van der Waals surface area contributed by atoms with E-state index in [1.807, 2.05) is 6.92 Å². The molecule has 0 radical (unpaired) electrons. The van der Waals surface area contributed by atoms with Gasteiger partial charge < -0.3 is 5.11 Å². The maximum Gasteiger partial charge on any atom is 0.336 e. The second kappa shape index (κ2) is 6.53. The summed E-state index contributed by atoms with van der Waals surface area (Å²) in [6.45, 7) is 2.62. The van der Waals surface area contributed by atoms with Crippen molar-refractivity contribution in [2.24, 2.45) is 0 Å². The summed E-state index contributed by atoms with van der Waals surface area (Å²) in [6, 6.07) is 8.43. The summed E-state index contributed by atoms with van der Waals surface area (Å²) in [5, 5.41) is 9.38. The molecule has 1 N–H and O–H groups in total. The van der Waals surface area contributed by atoms with Gasteiger partial charge in [0.2, 0.25) is 10.0 Å². The molecule has 3 rings (SSSR count). The molecule has 0 spiro atoms. The zero-order valence-electron chi connectivity index (χ0n) is 14.0. The Morgan fingerprint density at radius 3 is 2.64 bits per heavy atom. The average Bonchev–Trinajstić information content (AvgIpc) is 3.04. The van der Waals surface area contributed by atoms with E-state index in [2.05, 4.69) is 9.97 Å². The van der Waals surface area contributed by atoms with E-state index >= 15 is 0 Å². The number of hydrogen-bond donors (Lipinski definition) is 1. The van der Waals surface area contributed by atoms with E-state index in [1.165, 1.54) is 16.6 Å². The Kier molecular flexibility index (Phi) is 4.57. The van der Waals surface area contributed by atoms with Crippen LogP contribution in [0.1, 0.15) is 34.2 Å². The van der Waals surface area contributed by atoms with Gasteiger partial charge in [-0.1, -0.05) is 18.2 Å². The lowest BCUT2D eigenvalue weighted by atomic mass is 10.0. The summed E-state index contributed by atoms with van der Waals surface area (Å²) >= 11 is 0. The van der Waals surface area contributed by atoms with Crippen LogP contribution in [0.15, 0.2) is 30.3 Å². The normalized spacial score (nSPS) is 18.4. The second-order valence-corrected chi connectivity index (χ2v) is 8.19. The molecule has 0 aliphatic carbocycles. The maximum atomic E-state index is 11.7. The Labute approximate surface area is 146 Å². The third kappa shape index (κ3) is 3.69. The Balaban J connectivity index is 1.99. The summed E-state index contributed by atoms with van der Waals surface area (Å²) in [5.41, 5.74) is 1.96. The van der Waals surface area contributed by atoms with Gasteiger partial charge in [-0.3, -0.25) is 0 Å². The molecule has 2 heterocycles. The number of aromatic nitrogens is 2. The molecule has 132 valence electrons. The third-order valence-electron chi connectivity index (χ3n) is 4.29. The topological polar surface area (TPSA) is 100 Å².